The lowest BCUT2D eigenvalue weighted by Gasteiger charge is -1.65. The Labute approximate surface area is 64.1 Å². The topological polar surface area (TPSA) is 0 Å². The van der Waals surface area contributed by atoms with Crippen molar-refractivity contribution in [3.63, 3.8) is 0 Å². The van der Waals surface area contributed by atoms with Crippen molar-refractivity contribution in [2.24, 2.45) is 0 Å². The van der Waals surface area contributed by atoms with Crippen molar-refractivity contribution in [1.29, 1.82) is 0 Å². The standard InChI is InChI=1S/CH3FP2S4/c1-8(2)7-6-4-3-5/h1H3. The molecule has 0 aliphatic rings. The van der Waals surface area contributed by atoms with Gasteiger partial charge in [-0.2, -0.15) is 3.89 Å². The normalized spacial score (nSPS) is 13.8. The molecule has 0 radical (unpaired) electrons. The van der Waals surface area contributed by atoms with E-state index in [1.54, 1.807) is 6.26 Å². The van der Waals surface area contributed by atoms with Gasteiger partial charge >= 0.3 is 0 Å². The van der Waals surface area contributed by atoms with E-state index in [0.29, 0.717) is 0 Å². The molecule has 0 saturated carbocycles. The van der Waals surface area contributed by atoms with E-state index in [0.717, 1.165) is 14.1 Å². The Hall–Kier alpha value is 1.54. The highest BCUT2D eigenvalue weighted by molar-refractivity contribution is 8.61. The van der Waals surface area contributed by atoms with Crippen molar-refractivity contribution in [2.45, 2.75) is 0 Å². The zero-order valence-corrected chi connectivity index (χ0v) is 8.96. The van der Waals surface area contributed by atoms with E-state index in [2.05, 4.69) is 11.8 Å². The summed E-state index contributed by atoms with van der Waals surface area (Å²) in [6, 6.07) is 0. The summed E-state index contributed by atoms with van der Waals surface area (Å²) in [5.41, 5.74) is 0. The lowest BCUT2D eigenvalue weighted by molar-refractivity contribution is 0.936. The molecule has 48 valence electrons. The van der Waals surface area contributed by atoms with Crippen molar-refractivity contribution in [3.05, 3.63) is 0 Å². The van der Waals surface area contributed by atoms with Crippen molar-refractivity contribution in [2.75, 3.05) is 6.26 Å². The Bertz CT molecular complexity index is 170. The minimum absolute atomic E-state index is 0.886. The molecule has 0 spiro atoms. The highest BCUT2D eigenvalue weighted by atomic mass is 33.2. The molecule has 0 aromatic carbocycles. The molecule has 1 atom stereocenters. The van der Waals surface area contributed by atoms with Gasteiger partial charge in [0.1, 0.15) is 0 Å². The third-order valence-electron chi connectivity index (χ3n) is 0.191. The summed E-state index contributed by atoms with van der Waals surface area (Å²) in [7, 11) is 3.67. The van der Waals surface area contributed by atoms with Crippen LogP contribution in [0.4, 0.5) is 3.89 Å². The fourth-order valence-electron chi connectivity index (χ4n) is 0.0691. The largest absolute Gasteiger partial charge is 0.163 e. The number of halogens is 1. The second-order valence-electron chi connectivity index (χ2n) is 0.690. The smallest absolute Gasteiger partial charge is 0.0517 e. The van der Waals surface area contributed by atoms with Gasteiger partial charge in [-0.05, 0) is 30.2 Å². The summed E-state index contributed by atoms with van der Waals surface area (Å²) in [4.78, 5) is 0. The average molecular weight is 224 g/mol. The van der Waals surface area contributed by atoms with Crippen LogP contribution in [0.25, 0.3) is 0 Å². The van der Waals surface area contributed by atoms with E-state index in [4.69, 9.17) is 0 Å². The van der Waals surface area contributed by atoms with E-state index >= 15 is 0 Å². The zero-order valence-electron chi connectivity index (χ0n) is 3.91. The van der Waals surface area contributed by atoms with Crippen LogP contribution in [-0.4, -0.2) is 6.26 Å². The summed E-state index contributed by atoms with van der Waals surface area (Å²) >= 11 is 4.61. The second-order valence-corrected chi connectivity index (χ2v) is 10.8. The van der Waals surface area contributed by atoms with Crippen LogP contribution in [0.15, 0.2) is 0 Å². The lowest BCUT2D eigenvalue weighted by atomic mass is 12.0. The van der Waals surface area contributed by atoms with Crippen LogP contribution in [0, 0.1) is 0 Å². The van der Waals surface area contributed by atoms with Crippen LogP contribution < -0.4 is 0 Å². The lowest BCUT2D eigenvalue weighted by Crippen LogP contribution is -1.61. The molecule has 0 heterocycles. The van der Waals surface area contributed by atoms with Crippen LogP contribution in [-0.2, 0) is 40.0 Å². The monoisotopic (exact) mass is 224 g/mol. The van der Waals surface area contributed by atoms with E-state index in [9.17, 15) is 3.89 Å². The Morgan fingerprint density at radius 1 is 1.75 bits per heavy atom. The first kappa shape index (κ1) is 9.54. The third kappa shape index (κ3) is 7.54. The molecule has 0 rings (SSSR count). The van der Waals surface area contributed by atoms with Crippen LogP contribution in [0.1, 0.15) is 0 Å². The fraction of sp³-hybridized carbons (Fsp3) is 1.00. The van der Waals surface area contributed by atoms with E-state index in [-0.39, 0.29) is 0 Å². The molecule has 0 aliphatic heterocycles. The van der Waals surface area contributed by atoms with Gasteiger partial charge in [-0.25, -0.2) is 0 Å². The fourth-order valence-corrected chi connectivity index (χ4v) is 10.0. The quantitative estimate of drug-likeness (QED) is 0.486. The minimum atomic E-state index is -0.995. The Morgan fingerprint density at radius 2 is 2.38 bits per heavy atom. The first-order valence-corrected chi connectivity index (χ1v) is 9.77. The minimum Gasteiger partial charge on any atom is -0.163 e. The molecule has 0 aromatic rings. The predicted molar refractivity (Wildman–Crippen MR) is 50.3 cm³/mol. The van der Waals surface area contributed by atoms with E-state index in [1.807, 2.05) is 0 Å². The highest BCUT2D eigenvalue weighted by Gasteiger charge is 1.64. The maximum absolute atomic E-state index is 12.0. The van der Waals surface area contributed by atoms with E-state index < -0.39 is 9.84 Å². The summed E-state index contributed by atoms with van der Waals surface area (Å²) in [5, 5.41) is 0. The van der Waals surface area contributed by atoms with Crippen LogP contribution in [0.5, 0.6) is 0 Å². The zero-order chi connectivity index (χ0) is 6.41. The van der Waals surface area contributed by atoms with Crippen molar-refractivity contribution < 1.29 is 3.89 Å². The average Bonchev–Trinajstić information content (AvgIpc) is 1.66. The van der Waals surface area contributed by atoms with Gasteiger partial charge in [0.2, 0.25) is 0 Å². The first-order valence-electron chi connectivity index (χ1n) is 1.46. The molecular formula is CH3FP2S4. The van der Waals surface area contributed by atoms with Gasteiger partial charge < -0.3 is 0 Å². The number of hydrogen-bond donors (Lipinski definition) is 0. The maximum atomic E-state index is 12.0. The van der Waals surface area contributed by atoms with Gasteiger partial charge in [-0.3, -0.25) is 0 Å². The molecule has 0 aromatic heterocycles. The third-order valence-corrected chi connectivity index (χ3v) is 10.4. The molecule has 8 heavy (non-hydrogen) atoms. The Kier molecular flexibility index (Phi) is 7.94. The summed E-state index contributed by atoms with van der Waals surface area (Å²) in [5.74, 6) is 0. The molecule has 0 aliphatic carbocycles. The molecule has 0 N–H and O–H groups in total. The summed E-state index contributed by atoms with van der Waals surface area (Å²) in [6.45, 7) is 0. The molecule has 0 nitrogen and oxygen atoms in total. The van der Waals surface area contributed by atoms with E-state index in [1.165, 1.54) is 18.4 Å². The SMILES string of the molecule is CS(F)=S=S=PP=S. The van der Waals surface area contributed by atoms with Crippen molar-refractivity contribution in [3.8, 4) is 0 Å². The molecule has 1 unspecified atom stereocenters. The van der Waals surface area contributed by atoms with Crippen LogP contribution >= 0.6 is 14.1 Å². The van der Waals surface area contributed by atoms with Crippen molar-refractivity contribution in [1.82, 2.24) is 0 Å². The van der Waals surface area contributed by atoms with Crippen LogP contribution in [0.3, 0.4) is 0 Å². The molecule has 0 amide bonds. The highest BCUT2D eigenvalue weighted by Crippen LogP contribution is 2.12. The van der Waals surface area contributed by atoms with Gasteiger partial charge in [0.15, 0.2) is 0 Å². The molecule has 0 bridgehead atoms. The molecular weight excluding hydrogens is 221 g/mol. The molecule has 0 fully saturated rings. The molecule has 7 heteroatoms. The van der Waals surface area contributed by atoms with Gasteiger partial charge in [-0.15, -0.1) is 0 Å². The number of rotatable bonds is 1. The van der Waals surface area contributed by atoms with Gasteiger partial charge in [-0.1, -0.05) is 0 Å². The molecule has 0 saturated heterocycles. The second kappa shape index (κ2) is 6.66. The Morgan fingerprint density at radius 3 is 2.75 bits per heavy atom. The number of hydrogen-bond acceptors (Lipinski definition) is 1. The van der Waals surface area contributed by atoms with Crippen LogP contribution in [0.2, 0.25) is 0 Å². The van der Waals surface area contributed by atoms with Crippen molar-refractivity contribution >= 4 is 54.1 Å². The van der Waals surface area contributed by atoms with Gasteiger partial charge in [0, 0.05) is 20.3 Å². The summed E-state index contributed by atoms with van der Waals surface area (Å²) < 4.78 is 12.0. The first-order chi connectivity index (χ1) is 3.77. The van der Waals surface area contributed by atoms with Gasteiger partial charge in [0.05, 0.1) is 9.84 Å². The predicted octanol–water partition coefficient (Wildman–Crippen LogP) is 2.30. The Balaban J connectivity index is 4.21. The summed E-state index contributed by atoms with van der Waals surface area (Å²) in [6.07, 6.45) is 1.55. The maximum Gasteiger partial charge on any atom is 0.0517 e. The van der Waals surface area contributed by atoms with Gasteiger partial charge in [0.25, 0.3) is 0 Å².